The minimum absolute atomic E-state index is 0.0385. The molecule has 2 aromatic heterocycles. The van der Waals surface area contributed by atoms with Gasteiger partial charge in [-0.2, -0.15) is 18.3 Å². The van der Waals surface area contributed by atoms with Crippen LogP contribution in [0.2, 0.25) is 0 Å². The van der Waals surface area contributed by atoms with Gasteiger partial charge in [0.1, 0.15) is 5.75 Å². The van der Waals surface area contributed by atoms with Crippen LogP contribution in [0.3, 0.4) is 0 Å². The highest BCUT2D eigenvalue weighted by atomic mass is 19.4. The fourth-order valence-electron chi connectivity index (χ4n) is 4.26. The van der Waals surface area contributed by atoms with Crippen LogP contribution in [0.4, 0.5) is 19.0 Å². The van der Waals surface area contributed by atoms with Crippen LogP contribution in [0.1, 0.15) is 26.4 Å². The number of hydrogen-bond donors (Lipinski definition) is 2. The lowest BCUT2D eigenvalue weighted by Crippen LogP contribution is -2.49. The van der Waals surface area contributed by atoms with Gasteiger partial charge in [-0.1, -0.05) is 12.1 Å². The number of nitrogens with zero attached hydrogens (tertiary/aromatic N) is 6. The fraction of sp³-hybridized carbons (Fsp3) is 0.192. The zero-order valence-electron chi connectivity index (χ0n) is 20.2. The fourth-order valence-corrected chi connectivity index (χ4v) is 4.26. The number of carboxylic acid groups (broad SMARTS) is 1. The molecule has 0 spiro atoms. The van der Waals surface area contributed by atoms with E-state index < -0.39 is 23.6 Å². The molecule has 4 aromatic rings. The monoisotopic (exact) mass is 538 g/mol. The number of piperazine rings is 1. The lowest BCUT2D eigenvalue weighted by atomic mass is 10.1. The van der Waals surface area contributed by atoms with Crippen LogP contribution in [0.25, 0.3) is 16.8 Å². The van der Waals surface area contributed by atoms with E-state index in [4.69, 9.17) is 5.11 Å². The van der Waals surface area contributed by atoms with Crippen LogP contribution in [0.15, 0.2) is 67.0 Å². The number of rotatable bonds is 5. The average molecular weight is 538 g/mol. The number of carboxylic acids is 1. The normalized spacial score (nSPS) is 13.9. The summed E-state index contributed by atoms with van der Waals surface area (Å²) in [6, 6.07) is 12.3. The molecule has 0 aliphatic carbocycles. The Morgan fingerprint density at radius 3 is 2.31 bits per heavy atom. The second-order valence-electron chi connectivity index (χ2n) is 8.85. The van der Waals surface area contributed by atoms with Gasteiger partial charge in [0.15, 0.2) is 11.5 Å². The van der Waals surface area contributed by atoms with Crippen LogP contribution >= 0.6 is 0 Å². The molecule has 0 unspecified atom stereocenters. The molecule has 0 bridgehead atoms. The Kier molecular flexibility index (Phi) is 6.64. The van der Waals surface area contributed by atoms with Crippen LogP contribution in [-0.4, -0.2) is 73.1 Å². The molecule has 10 nitrogen and oxygen atoms in total. The van der Waals surface area contributed by atoms with Gasteiger partial charge < -0.3 is 20.0 Å². The molecular formula is C26H21F3N6O4. The first-order valence-electron chi connectivity index (χ1n) is 11.8. The highest BCUT2D eigenvalue weighted by molar-refractivity contribution is 5.95. The van der Waals surface area contributed by atoms with Crippen LogP contribution in [0.5, 0.6) is 5.75 Å². The third-order valence-electron chi connectivity index (χ3n) is 6.28. The Bertz CT molecular complexity index is 1530. The summed E-state index contributed by atoms with van der Waals surface area (Å²) in [7, 11) is 0. The maximum Gasteiger partial charge on any atom is 0.416 e. The van der Waals surface area contributed by atoms with E-state index in [2.05, 4.69) is 15.3 Å². The first-order valence-corrected chi connectivity index (χ1v) is 11.8. The van der Waals surface area contributed by atoms with Crippen molar-refractivity contribution in [2.24, 2.45) is 0 Å². The molecule has 200 valence electrons. The summed E-state index contributed by atoms with van der Waals surface area (Å²) in [6.07, 6.45) is -1.71. The van der Waals surface area contributed by atoms with Gasteiger partial charge in [0.05, 0.1) is 17.4 Å². The smallest absolute Gasteiger partial charge is 0.416 e. The van der Waals surface area contributed by atoms with Gasteiger partial charge in [0, 0.05) is 43.5 Å². The molecule has 1 aliphatic rings. The van der Waals surface area contributed by atoms with Crippen molar-refractivity contribution < 1.29 is 33.0 Å². The Labute approximate surface area is 219 Å². The number of phenols is 1. The van der Waals surface area contributed by atoms with Crippen molar-refractivity contribution in [3.8, 4) is 22.6 Å². The summed E-state index contributed by atoms with van der Waals surface area (Å²) in [5.74, 6) is -1.28. The lowest BCUT2D eigenvalue weighted by Gasteiger charge is -2.35. The molecule has 2 aromatic carbocycles. The van der Waals surface area contributed by atoms with Gasteiger partial charge >= 0.3 is 12.1 Å². The number of aromatic carboxylic acids is 1. The van der Waals surface area contributed by atoms with E-state index in [-0.39, 0.29) is 35.8 Å². The van der Waals surface area contributed by atoms with Crippen molar-refractivity contribution in [3.05, 3.63) is 83.8 Å². The Morgan fingerprint density at radius 2 is 1.67 bits per heavy atom. The van der Waals surface area contributed by atoms with Crippen molar-refractivity contribution in [3.63, 3.8) is 0 Å². The molecule has 1 amide bonds. The molecule has 0 saturated carbocycles. The van der Waals surface area contributed by atoms with Gasteiger partial charge in [-0.3, -0.25) is 4.79 Å². The van der Waals surface area contributed by atoms with Crippen molar-refractivity contribution >= 4 is 17.7 Å². The van der Waals surface area contributed by atoms with Crippen molar-refractivity contribution in [2.75, 3.05) is 31.1 Å². The number of phenolic OH excluding ortho intramolecular Hbond substituents is 1. The quantitative estimate of drug-likeness (QED) is 0.394. The summed E-state index contributed by atoms with van der Waals surface area (Å²) in [5, 5.41) is 30.4. The number of aromatic nitrogens is 4. The summed E-state index contributed by atoms with van der Waals surface area (Å²) in [6.45, 7) is 1.11. The lowest BCUT2D eigenvalue weighted by molar-refractivity contribution is -0.137. The van der Waals surface area contributed by atoms with Crippen molar-refractivity contribution in [1.82, 2.24) is 24.9 Å². The molecule has 1 saturated heterocycles. The maximum atomic E-state index is 13.8. The first kappa shape index (κ1) is 25.7. The third kappa shape index (κ3) is 5.51. The molecule has 39 heavy (non-hydrogen) atoms. The van der Waals surface area contributed by atoms with E-state index in [9.17, 15) is 27.9 Å². The second kappa shape index (κ2) is 10.1. The number of carbonyl (C=O) groups excluding carboxylic acids is 1. The van der Waals surface area contributed by atoms with Crippen LogP contribution in [0, 0.1) is 0 Å². The van der Waals surface area contributed by atoms with Gasteiger partial charge in [-0.25, -0.2) is 9.48 Å². The van der Waals surface area contributed by atoms with E-state index in [1.807, 2.05) is 4.90 Å². The summed E-state index contributed by atoms with van der Waals surface area (Å²) >= 11 is 0. The zero-order valence-corrected chi connectivity index (χ0v) is 20.2. The predicted octanol–water partition coefficient (Wildman–Crippen LogP) is 3.71. The number of aromatic hydroxyl groups is 1. The Hall–Kier alpha value is -4.94. The molecule has 13 heteroatoms. The zero-order chi connectivity index (χ0) is 27.7. The summed E-state index contributed by atoms with van der Waals surface area (Å²) < 4.78 is 42.5. The first-order chi connectivity index (χ1) is 18.6. The van der Waals surface area contributed by atoms with E-state index in [1.54, 1.807) is 12.1 Å². The Balaban J connectivity index is 1.37. The minimum atomic E-state index is -4.69. The molecule has 0 radical (unpaired) electrons. The standard InChI is InChI=1S/C26H21F3N6O4/c27-26(28,29)19-10-17(11-20(13-19)35-15-18(14-30-35)16-2-1-3-21(36)12-16)24(37)34-8-6-33(7-9-34)23-5-4-22(25(38)39)31-32-23/h1-5,10-15,36H,6-9H2,(H,38,39). The largest absolute Gasteiger partial charge is 0.508 e. The number of hydrogen-bond acceptors (Lipinski definition) is 7. The SMILES string of the molecule is O=C(O)c1ccc(N2CCN(C(=O)c3cc(-n4cc(-c5cccc(O)c5)cn4)cc(C(F)(F)F)c3)CC2)nn1. The minimum Gasteiger partial charge on any atom is -0.508 e. The molecule has 3 heterocycles. The average Bonchev–Trinajstić information content (AvgIpc) is 3.43. The molecule has 1 aliphatic heterocycles. The van der Waals surface area contributed by atoms with Crippen molar-refractivity contribution in [2.45, 2.75) is 6.18 Å². The molecular weight excluding hydrogens is 517 g/mol. The van der Waals surface area contributed by atoms with Gasteiger partial charge in [0.25, 0.3) is 5.91 Å². The van der Waals surface area contributed by atoms with E-state index in [0.29, 0.717) is 30.0 Å². The molecule has 0 atom stereocenters. The van der Waals surface area contributed by atoms with Crippen LogP contribution < -0.4 is 4.90 Å². The summed E-state index contributed by atoms with van der Waals surface area (Å²) in [4.78, 5) is 27.5. The number of anilines is 1. The maximum absolute atomic E-state index is 13.8. The van der Waals surface area contributed by atoms with Crippen LogP contribution in [-0.2, 0) is 6.18 Å². The van der Waals surface area contributed by atoms with Gasteiger partial charge in [0.2, 0.25) is 0 Å². The van der Waals surface area contributed by atoms with Gasteiger partial charge in [-0.05, 0) is 48.0 Å². The van der Waals surface area contributed by atoms with E-state index in [0.717, 1.165) is 12.1 Å². The van der Waals surface area contributed by atoms with Crippen molar-refractivity contribution in [1.29, 1.82) is 0 Å². The summed E-state index contributed by atoms with van der Waals surface area (Å²) in [5.41, 5.74) is -0.0407. The third-order valence-corrected chi connectivity index (χ3v) is 6.28. The molecule has 5 rings (SSSR count). The molecule has 2 N–H and O–H groups in total. The number of alkyl halides is 3. The number of amides is 1. The molecule has 1 fully saturated rings. The predicted molar refractivity (Wildman–Crippen MR) is 133 cm³/mol. The number of carbonyl (C=O) groups is 2. The van der Waals surface area contributed by atoms with Gasteiger partial charge in [-0.15, -0.1) is 10.2 Å². The topological polar surface area (TPSA) is 125 Å². The Morgan fingerprint density at radius 1 is 0.897 bits per heavy atom. The highest BCUT2D eigenvalue weighted by Crippen LogP contribution is 2.32. The van der Waals surface area contributed by atoms with E-state index in [1.165, 1.54) is 52.3 Å². The highest BCUT2D eigenvalue weighted by Gasteiger charge is 2.33. The number of benzene rings is 2. The number of halogens is 3. The second-order valence-corrected chi connectivity index (χ2v) is 8.85. The van der Waals surface area contributed by atoms with E-state index >= 15 is 0 Å².